The molecule has 0 saturated carbocycles. The lowest BCUT2D eigenvalue weighted by Crippen LogP contribution is -2.37. The average molecular weight is 872 g/mol. The molecular formula is C50H98NO8P. The highest BCUT2D eigenvalue weighted by atomic mass is 31.2. The summed E-state index contributed by atoms with van der Waals surface area (Å²) in [6.45, 7) is 4.27. The highest BCUT2D eigenvalue weighted by Crippen LogP contribution is 2.38. The molecule has 0 N–H and O–H groups in total. The molecule has 0 bridgehead atoms. The summed E-state index contributed by atoms with van der Waals surface area (Å²) in [4.78, 5) is 37.7. The fraction of sp³-hybridized carbons (Fsp3) is 0.920. The van der Waals surface area contributed by atoms with Crippen LogP contribution in [0.2, 0.25) is 0 Å². The molecule has 0 spiro atoms. The van der Waals surface area contributed by atoms with Gasteiger partial charge in [-0.15, -0.1) is 0 Å². The van der Waals surface area contributed by atoms with Crippen LogP contribution >= 0.6 is 7.82 Å². The van der Waals surface area contributed by atoms with E-state index in [1.165, 1.54) is 180 Å². The normalized spacial score (nSPS) is 13.5. The number of likely N-dealkylation sites (N-methyl/N-ethyl adjacent to an activating group) is 1. The minimum absolute atomic E-state index is 0.0275. The SMILES string of the molecule is CCCCCCCC/C=C\CCCCCCCCCCCC(=O)OC[C@H](COP(=O)([O-])OCC[N+](C)(C)C)OC(=O)CCCCCCCCCCCCCCCCCCC. The molecule has 0 aromatic carbocycles. The number of hydrogen-bond acceptors (Lipinski definition) is 8. The number of phosphoric ester groups is 1. The van der Waals surface area contributed by atoms with Crippen molar-refractivity contribution < 1.29 is 42.1 Å². The number of esters is 2. The molecule has 2 atom stereocenters. The minimum Gasteiger partial charge on any atom is -0.756 e. The van der Waals surface area contributed by atoms with Crippen molar-refractivity contribution in [3.63, 3.8) is 0 Å². The van der Waals surface area contributed by atoms with Gasteiger partial charge in [0.05, 0.1) is 27.7 Å². The second kappa shape index (κ2) is 43.0. The van der Waals surface area contributed by atoms with E-state index in [9.17, 15) is 19.0 Å². The van der Waals surface area contributed by atoms with E-state index in [0.29, 0.717) is 17.4 Å². The molecule has 0 radical (unpaired) electrons. The van der Waals surface area contributed by atoms with E-state index < -0.39 is 26.5 Å². The Morgan fingerprint density at radius 3 is 1.23 bits per heavy atom. The molecule has 0 rings (SSSR count). The molecule has 0 heterocycles. The van der Waals surface area contributed by atoms with Crippen LogP contribution in [0.3, 0.4) is 0 Å². The fourth-order valence-corrected chi connectivity index (χ4v) is 8.03. The summed E-state index contributed by atoms with van der Waals surface area (Å²) in [5.74, 6) is -0.822. The molecule has 0 aliphatic rings. The maximum Gasteiger partial charge on any atom is 0.306 e. The first kappa shape index (κ1) is 58.8. The maximum absolute atomic E-state index is 12.7. The summed E-state index contributed by atoms with van der Waals surface area (Å²) in [5, 5.41) is 0. The number of carbonyl (C=O) groups is 2. The molecule has 0 aromatic rings. The summed E-state index contributed by atoms with van der Waals surface area (Å²) in [6.07, 6.45) is 46.6. The van der Waals surface area contributed by atoms with Gasteiger partial charge in [0.25, 0.3) is 7.82 Å². The third kappa shape index (κ3) is 46.3. The zero-order valence-corrected chi connectivity index (χ0v) is 41.1. The average Bonchev–Trinajstić information content (AvgIpc) is 3.20. The van der Waals surface area contributed by atoms with Crippen LogP contribution in [0.15, 0.2) is 12.2 Å². The Balaban J connectivity index is 4.23. The van der Waals surface area contributed by atoms with Crippen molar-refractivity contribution >= 4 is 19.8 Å². The predicted molar refractivity (Wildman–Crippen MR) is 250 cm³/mol. The molecule has 10 heteroatoms. The Morgan fingerprint density at radius 2 is 0.850 bits per heavy atom. The Bertz CT molecular complexity index is 1030. The molecule has 356 valence electrons. The van der Waals surface area contributed by atoms with Gasteiger partial charge in [-0.2, -0.15) is 0 Å². The standard InChI is InChI=1S/C50H98NO8P/c1-6-8-10-12-14-16-18-20-22-24-25-27-28-30-32-34-36-38-40-42-49(52)56-46-48(47-58-60(54,55)57-45-44-51(3,4)5)59-50(53)43-41-39-37-35-33-31-29-26-23-21-19-17-15-13-11-9-7-2/h20,22,48H,6-19,21,23-47H2,1-5H3/b22-20-/t48-/m1/s1. The van der Waals surface area contributed by atoms with E-state index in [0.717, 1.165) is 32.1 Å². The highest BCUT2D eigenvalue weighted by molar-refractivity contribution is 7.45. The van der Waals surface area contributed by atoms with Crippen molar-refractivity contribution in [1.29, 1.82) is 0 Å². The fourth-order valence-electron chi connectivity index (χ4n) is 7.30. The Hall–Kier alpha value is -1.25. The van der Waals surface area contributed by atoms with Gasteiger partial charge in [-0.3, -0.25) is 14.2 Å². The molecule has 60 heavy (non-hydrogen) atoms. The van der Waals surface area contributed by atoms with Crippen molar-refractivity contribution in [2.75, 3.05) is 47.5 Å². The number of quaternary nitrogens is 1. The van der Waals surface area contributed by atoms with Crippen molar-refractivity contribution in [2.24, 2.45) is 0 Å². The third-order valence-corrected chi connectivity index (χ3v) is 12.2. The van der Waals surface area contributed by atoms with Gasteiger partial charge in [0.1, 0.15) is 19.8 Å². The number of phosphoric acid groups is 1. The van der Waals surface area contributed by atoms with Gasteiger partial charge in [-0.25, -0.2) is 0 Å². The number of rotatable bonds is 47. The quantitative estimate of drug-likeness (QED) is 0.0195. The Labute approximate surface area is 371 Å². The zero-order chi connectivity index (χ0) is 44.3. The lowest BCUT2D eigenvalue weighted by Gasteiger charge is -2.28. The van der Waals surface area contributed by atoms with Gasteiger partial charge < -0.3 is 27.9 Å². The molecule has 0 aliphatic carbocycles. The summed E-state index contributed by atoms with van der Waals surface area (Å²) >= 11 is 0. The van der Waals surface area contributed by atoms with E-state index in [1.54, 1.807) is 0 Å². The number of hydrogen-bond donors (Lipinski definition) is 0. The van der Waals surface area contributed by atoms with Gasteiger partial charge in [0.15, 0.2) is 6.10 Å². The van der Waals surface area contributed by atoms with Crippen LogP contribution < -0.4 is 4.89 Å². The van der Waals surface area contributed by atoms with E-state index in [-0.39, 0.29) is 32.0 Å². The number of unbranched alkanes of at least 4 members (excludes halogenated alkanes) is 31. The Morgan fingerprint density at radius 1 is 0.500 bits per heavy atom. The first-order chi connectivity index (χ1) is 29.0. The Kier molecular flexibility index (Phi) is 42.1. The van der Waals surface area contributed by atoms with Crippen LogP contribution in [0.1, 0.15) is 245 Å². The van der Waals surface area contributed by atoms with Gasteiger partial charge in [0, 0.05) is 12.8 Å². The number of allylic oxidation sites excluding steroid dienone is 2. The van der Waals surface area contributed by atoms with Crippen LogP contribution in [0.4, 0.5) is 0 Å². The first-order valence-corrected chi connectivity index (χ1v) is 26.9. The first-order valence-electron chi connectivity index (χ1n) is 25.4. The number of ether oxygens (including phenoxy) is 2. The molecule has 0 saturated heterocycles. The van der Waals surface area contributed by atoms with Crippen LogP contribution in [0.5, 0.6) is 0 Å². The summed E-state index contributed by atoms with van der Waals surface area (Å²) < 4.78 is 34.0. The van der Waals surface area contributed by atoms with Crippen LogP contribution in [0, 0.1) is 0 Å². The second-order valence-corrected chi connectivity index (χ2v) is 20.0. The van der Waals surface area contributed by atoms with Gasteiger partial charge in [-0.05, 0) is 38.5 Å². The van der Waals surface area contributed by atoms with E-state index in [4.69, 9.17) is 18.5 Å². The zero-order valence-electron chi connectivity index (χ0n) is 40.2. The van der Waals surface area contributed by atoms with Crippen LogP contribution in [0.25, 0.3) is 0 Å². The highest BCUT2D eigenvalue weighted by Gasteiger charge is 2.21. The second-order valence-electron chi connectivity index (χ2n) is 18.5. The topological polar surface area (TPSA) is 111 Å². The molecule has 0 aromatic heterocycles. The summed E-state index contributed by atoms with van der Waals surface area (Å²) in [5.41, 5.74) is 0. The molecule has 9 nitrogen and oxygen atoms in total. The van der Waals surface area contributed by atoms with Crippen molar-refractivity contribution in [3.8, 4) is 0 Å². The van der Waals surface area contributed by atoms with Crippen LogP contribution in [-0.4, -0.2) is 70.0 Å². The van der Waals surface area contributed by atoms with Gasteiger partial charge in [-0.1, -0.05) is 206 Å². The van der Waals surface area contributed by atoms with Crippen molar-refractivity contribution in [3.05, 3.63) is 12.2 Å². The number of nitrogens with zero attached hydrogens (tertiary/aromatic N) is 1. The van der Waals surface area contributed by atoms with E-state index in [2.05, 4.69) is 26.0 Å². The maximum atomic E-state index is 12.7. The van der Waals surface area contributed by atoms with E-state index >= 15 is 0 Å². The lowest BCUT2D eigenvalue weighted by atomic mass is 10.0. The molecule has 0 aliphatic heterocycles. The molecule has 0 amide bonds. The summed E-state index contributed by atoms with van der Waals surface area (Å²) in [6, 6.07) is 0. The molecule has 1 unspecified atom stereocenters. The summed E-state index contributed by atoms with van der Waals surface area (Å²) in [7, 11) is 1.18. The van der Waals surface area contributed by atoms with Crippen molar-refractivity contribution in [2.45, 2.75) is 251 Å². The van der Waals surface area contributed by atoms with Crippen LogP contribution in [-0.2, 0) is 32.7 Å². The van der Waals surface area contributed by atoms with Crippen molar-refractivity contribution in [1.82, 2.24) is 0 Å². The monoisotopic (exact) mass is 872 g/mol. The minimum atomic E-state index is -4.62. The largest absolute Gasteiger partial charge is 0.756 e. The lowest BCUT2D eigenvalue weighted by molar-refractivity contribution is -0.870. The van der Waals surface area contributed by atoms with E-state index in [1.807, 2.05) is 21.1 Å². The molecular weight excluding hydrogens is 774 g/mol. The van der Waals surface area contributed by atoms with Gasteiger partial charge in [0.2, 0.25) is 0 Å². The predicted octanol–water partition coefficient (Wildman–Crippen LogP) is 14.3. The smallest absolute Gasteiger partial charge is 0.306 e. The van der Waals surface area contributed by atoms with Gasteiger partial charge >= 0.3 is 11.9 Å². The third-order valence-electron chi connectivity index (χ3n) is 11.3. The molecule has 0 fully saturated rings. The number of carbonyl (C=O) groups excluding carboxylic acids is 2.